The van der Waals surface area contributed by atoms with Gasteiger partial charge in [0.05, 0.1) is 59.7 Å². The molecule has 310 valence electrons. The van der Waals surface area contributed by atoms with Gasteiger partial charge in [0, 0.05) is 49.4 Å². The number of fused-ring (bicyclic) bond motifs is 14. The summed E-state index contributed by atoms with van der Waals surface area (Å²) in [5.41, 5.74) is 4.23. The molecule has 3 aliphatic rings. The van der Waals surface area contributed by atoms with Crippen LogP contribution in [0.15, 0.2) is 41.2 Å². The van der Waals surface area contributed by atoms with Crippen LogP contribution in [0.2, 0.25) is 0 Å². The Kier molecular flexibility index (Phi) is 15.5. The number of carbonyl (C=O) groups excluding carboxylic acids is 2. The van der Waals surface area contributed by atoms with Gasteiger partial charge in [-0.15, -0.1) is 0 Å². The number of ether oxygens (including phenoxy) is 3. The Labute approximate surface area is 329 Å². The summed E-state index contributed by atoms with van der Waals surface area (Å²) in [5.74, 6) is -6.44. The predicted molar refractivity (Wildman–Crippen MR) is 217 cm³/mol. The van der Waals surface area contributed by atoms with Crippen molar-refractivity contribution in [3.63, 3.8) is 0 Å². The lowest BCUT2D eigenvalue weighted by Gasteiger charge is -2.37. The zero-order valence-corrected chi connectivity index (χ0v) is 34.5. The van der Waals surface area contributed by atoms with Crippen LogP contribution in [-0.4, -0.2) is 107 Å². The molecule has 0 spiro atoms. The lowest BCUT2D eigenvalue weighted by atomic mass is 9.74. The number of nitrogens with two attached hydrogens (primary N) is 1. The van der Waals surface area contributed by atoms with Crippen LogP contribution in [-0.2, 0) is 14.3 Å². The first kappa shape index (κ1) is 45.7. The number of hydrazone groups is 1. The first-order valence-electron chi connectivity index (χ1n) is 18.7. The largest absolute Gasteiger partial charge is 0.507 e. The zero-order valence-electron chi connectivity index (χ0n) is 34.5. The molecule has 15 nitrogen and oxygen atoms in total. The summed E-state index contributed by atoms with van der Waals surface area (Å²) in [4.78, 5) is 27.9. The maximum atomic E-state index is 14.3. The Balaban J connectivity index is 0.00000414. The highest BCUT2D eigenvalue weighted by molar-refractivity contribution is 6.23. The molecule has 1 amide bonds. The second kappa shape index (κ2) is 19.0. The van der Waals surface area contributed by atoms with Crippen molar-refractivity contribution in [3.05, 3.63) is 52.8 Å². The lowest BCUT2D eigenvalue weighted by molar-refractivity contribution is -0.112. The lowest BCUT2D eigenvalue weighted by Crippen LogP contribution is -2.41. The van der Waals surface area contributed by atoms with E-state index in [2.05, 4.69) is 21.5 Å². The number of aromatic hydroxyl groups is 3. The van der Waals surface area contributed by atoms with E-state index in [1.165, 1.54) is 44.5 Å². The van der Waals surface area contributed by atoms with Gasteiger partial charge in [0.2, 0.25) is 0 Å². The number of amides is 1. The van der Waals surface area contributed by atoms with Crippen LogP contribution in [0.25, 0.3) is 10.8 Å². The van der Waals surface area contributed by atoms with Gasteiger partial charge in [-0.1, -0.05) is 52.8 Å². The highest BCUT2D eigenvalue weighted by Crippen LogP contribution is 2.55. The molecule has 5 bridgehead atoms. The fourth-order valence-electron chi connectivity index (χ4n) is 7.12. The standard InChI is InChI=1S/C40H56N4O10.CH5N/c1-19-13-12-14-20(2)39(51)43-31-26(17-42-44(10)18-41-9)35(48)28-29(36(31)49)34(47)25(7)37-30(28)38(50)40(8,54-37)53-16-15-27(52-11)22(4)21(3)23(5)33(46)24(6)32(19)45;1-2/h12-17,19,21-24,27,32-33,41,45-49H,18H2,1-11H3,(H,43,51);2H2,1H3/b13-12+,16-15+,20-14-,42-17-;/t19-,21+,22-,23-,24+,27-,32-,33-,40-;/m0./s1. The number of carbonyl (C=O) groups is 2. The minimum atomic E-state index is -1.96. The number of benzene rings is 2. The van der Waals surface area contributed by atoms with Crippen molar-refractivity contribution >= 4 is 34.4 Å². The van der Waals surface area contributed by atoms with Gasteiger partial charge in [0.1, 0.15) is 17.2 Å². The van der Waals surface area contributed by atoms with Crippen LogP contribution >= 0.6 is 0 Å². The topological polar surface area (TPSA) is 229 Å². The minimum Gasteiger partial charge on any atom is -0.507 e. The van der Waals surface area contributed by atoms with Gasteiger partial charge in [-0.3, -0.25) is 14.6 Å². The molecule has 0 aliphatic carbocycles. The van der Waals surface area contributed by atoms with Crippen LogP contribution in [0.4, 0.5) is 5.69 Å². The van der Waals surface area contributed by atoms with Crippen LogP contribution in [0.1, 0.15) is 70.0 Å². The van der Waals surface area contributed by atoms with E-state index in [1.807, 2.05) is 27.7 Å². The van der Waals surface area contributed by atoms with Crippen LogP contribution in [0, 0.1) is 36.5 Å². The monoisotopic (exact) mass is 783 g/mol. The molecule has 0 saturated heterocycles. The number of anilines is 1. The van der Waals surface area contributed by atoms with Crippen molar-refractivity contribution in [2.45, 2.75) is 79.5 Å². The van der Waals surface area contributed by atoms with Crippen molar-refractivity contribution in [1.29, 1.82) is 0 Å². The first-order valence-corrected chi connectivity index (χ1v) is 18.7. The quantitative estimate of drug-likeness (QED) is 0.0689. The summed E-state index contributed by atoms with van der Waals surface area (Å²) in [6, 6.07) is 0. The second-order valence-corrected chi connectivity index (χ2v) is 14.8. The molecular formula is C41H61N5O10. The normalized spacial score (nSPS) is 30.9. The van der Waals surface area contributed by atoms with Gasteiger partial charge in [0.25, 0.3) is 11.7 Å². The molecule has 56 heavy (non-hydrogen) atoms. The maximum absolute atomic E-state index is 14.3. The highest BCUT2D eigenvalue weighted by Gasteiger charge is 2.49. The smallest absolute Gasteiger partial charge is 0.312 e. The molecule has 3 aliphatic heterocycles. The van der Waals surface area contributed by atoms with E-state index in [0.717, 1.165) is 0 Å². The Hall–Kier alpha value is -4.67. The van der Waals surface area contributed by atoms with E-state index < -0.39 is 64.9 Å². The third-order valence-electron chi connectivity index (χ3n) is 11.1. The van der Waals surface area contributed by atoms with Gasteiger partial charge in [-0.25, -0.2) is 0 Å². The number of ketones is 1. The Morgan fingerprint density at radius 2 is 1.61 bits per heavy atom. The number of rotatable bonds is 5. The van der Waals surface area contributed by atoms with E-state index >= 15 is 0 Å². The Bertz CT molecular complexity index is 1880. The number of phenols is 3. The summed E-state index contributed by atoms with van der Waals surface area (Å²) in [6.07, 6.45) is 6.77. The third kappa shape index (κ3) is 8.97. The highest BCUT2D eigenvalue weighted by atomic mass is 16.7. The summed E-state index contributed by atoms with van der Waals surface area (Å²) in [6.45, 7) is 14.2. The molecular weight excluding hydrogens is 722 g/mol. The molecule has 0 saturated carbocycles. The van der Waals surface area contributed by atoms with E-state index in [0.29, 0.717) is 6.67 Å². The van der Waals surface area contributed by atoms with Crippen LogP contribution in [0.5, 0.6) is 23.0 Å². The molecule has 0 unspecified atom stereocenters. The second-order valence-electron chi connectivity index (χ2n) is 14.8. The molecule has 9 N–H and O–H groups in total. The molecule has 5 rings (SSSR count). The van der Waals surface area contributed by atoms with E-state index in [1.54, 1.807) is 53.3 Å². The fraction of sp³-hybridized carbons (Fsp3) is 0.537. The van der Waals surface area contributed by atoms with E-state index in [9.17, 15) is 35.1 Å². The number of aliphatic hydroxyl groups is 2. The first-order chi connectivity index (χ1) is 26.3. The SMILES string of the molecule is CN.CNCN(C)/N=C\c1c2c(O)c3c(O)c(C)c4c(c3c1O)C(=O)[C@@](C)(O/C=C/[C@H](OC)[C@@H](C)[C@@H](C)[C@H](C)[C@H](O)[C@H](C)[C@@H](O)[C@@H](C)/C=C/C=C(/C)C(=O)N2)O4. The van der Waals surface area contributed by atoms with Crippen molar-refractivity contribution in [2.24, 2.45) is 40.4 Å². The Morgan fingerprint density at radius 3 is 2.21 bits per heavy atom. The summed E-state index contributed by atoms with van der Waals surface area (Å²) in [5, 5.41) is 68.6. The molecule has 0 radical (unpaired) electrons. The number of hydrogen-bond donors (Lipinski definition) is 8. The molecule has 15 heteroatoms. The number of allylic oxidation sites excluding steroid dienone is 2. The van der Waals surface area contributed by atoms with Gasteiger partial charge in [-0.2, -0.15) is 5.10 Å². The molecule has 9 atom stereocenters. The van der Waals surface area contributed by atoms with Crippen LogP contribution < -0.4 is 21.1 Å². The zero-order chi connectivity index (χ0) is 42.4. The van der Waals surface area contributed by atoms with Crippen LogP contribution in [0.3, 0.4) is 0 Å². The number of methoxy groups -OCH3 is 1. The average molecular weight is 784 g/mol. The van der Waals surface area contributed by atoms with Gasteiger partial charge >= 0.3 is 5.79 Å². The molecule has 2 aromatic rings. The van der Waals surface area contributed by atoms with Gasteiger partial charge in [0.15, 0.2) is 5.75 Å². The number of nitrogens with zero attached hydrogens (tertiary/aromatic N) is 2. The van der Waals surface area contributed by atoms with Crippen molar-refractivity contribution in [2.75, 3.05) is 40.2 Å². The summed E-state index contributed by atoms with van der Waals surface area (Å²) in [7, 11) is 6.41. The van der Waals surface area contributed by atoms with Gasteiger partial charge in [-0.05, 0) is 51.8 Å². The number of phenolic OH excluding ortho intramolecular Hbond substituents is 3. The minimum absolute atomic E-state index is 0.0581. The summed E-state index contributed by atoms with van der Waals surface area (Å²) < 4.78 is 17.9. The van der Waals surface area contributed by atoms with Crippen molar-refractivity contribution < 1.29 is 49.3 Å². The number of Topliss-reactive ketones (excluding diaryl/α,β-unsaturated/α-hetero) is 1. The number of nitrogens with one attached hydrogen (secondary N) is 2. The van der Waals surface area contributed by atoms with E-state index in [-0.39, 0.29) is 62.2 Å². The number of aliphatic hydroxyl groups excluding tert-OH is 2. The molecule has 0 fully saturated rings. The molecule has 3 heterocycles. The molecule has 2 aromatic carbocycles. The van der Waals surface area contributed by atoms with Gasteiger partial charge < -0.3 is 56.1 Å². The van der Waals surface area contributed by atoms with Crippen molar-refractivity contribution in [1.82, 2.24) is 10.3 Å². The third-order valence-corrected chi connectivity index (χ3v) is 11.1. The number of hydrogen-bond acceptors (Lipinski definition) is 14. The maximum Gasteiger partial charge on any atom is 0.312 e. The van der Waals surface area contributed by atoms with Crippen molar-refractivity contribution in [3.8, 4) is 23.0 Å². The Morgan fingerprint density at radius 1 is 0.964 bits per heavy atom. The van der Waals surface area contributed by atoms with E-state index in [4.69, 9.17) is 14.2 Å². The predicted octanol–water partition coefficient (Wildman–Crippen LogP) is 4.48. The average Bonchev–Trinajstić information content (AvgIpc) is 3.44. The fourth-order valence-corrected chi connectivity index (χ4v) is 7.12. The summed E-state index contributed by atoms with van der Waals surface area (Å²) >= 11 is 0. The molecule has 0 aromatic heterocycles.